The van der Waals surface area contributed by atoms with Crippen molar-refractivity contribution >= 4 is 46.3 Å². The maximum atomic E-state index is 13.8. The van der Waals surface area contributed by atoms with Crippen LogP contribution in [0.5, 0.6) is 0 Å². The van der Waals surface area contributed by atoms with Crippen LogP contribution in [-0.2, 0) is 0 Å². The van der Waals surface area contributed by atoms with Crippen LogP contribution in [0.4, 0.5) is 14.5 Å². The summed E-state index contributed by atoms with van der Waals surface area (Å²) in [5, 5.41) is 9.65. The Hall–Kier alpha value is -2.42. The van der Waals surface area contributed by atoms with Crippen molar-refractivity contribution in [1.29, 1.82) is 0 Å². The van der Waals surface area contributed by atoms with E-state index in [2.05, 4.69) is 20.7 Å². The summed E-state index contributed by atoms with van der Waals surface area (Å²) in [5.41, 5.74) is 3.84. The molecule has 3 aromatic rings. The third kappa shape index (κ3) is 4.19. The summed E-state index contributed by atoms with van der Waals surface area (Å²) < 4.78 is 27.5. The summed E-state index contributed by atoms with van der Waals surface area (Å²) in [7, 11) is 1.60. The minimum absolute atomic E-state index is 0.170. The Morgan fingerprint density at radius 2 is 1.82 bits per heavy atom. The molecule has 0 spiro atoms. The fraction of sp³-hybridized carbons (Fsp3) is 0.118. The third-order valence-corrected chi connectivity index (χ3v) is 4.62. The summed E-state index contributed by atoms with van der Waals surface area (Å²) in [6.07, 6.45) is 1.45. The van der Waals surface area contributed by atoms with Crippen LogP contribution in [0.15, 0.2) is 41.5 Å². The number of anilines is 1. The first kappa shape index (κ1) is 20.3. The van der Waals surface area contributed by atoms with Gasteiger partial charge in [0.1, 0.15) is 33.9 Å². The Morgan fingerprint density at radius 3 is 2.46 bits per heavy atom. The molecule has 0 atom stereocenters. The van der Waals surface area contributed by atoms with Gasteiger partial charge in [-0.1, -0.05) is 34.8 Å². The molecule has 0 aliphatic rings. The van der Waals surface area contributed by atoms with Crippen LogP contribution in [0.2, 0.25) is 15.1 Å². The van der Waals surface area contributed by atoms with E-state index in [1.807, 2.05) is 0 Å². The lowest BCUT2D eigenvalue weighted by Gasteiger charge is -2.25. The van der Waals surface area contributed by atoms with E-state index in [1.165, 1.54) is 16.1 Å². The third-order valence-electron chi connectivity index (χ3n) is 3.71. The number of hydrogen-bond donors (Lipinski definition) is 1. The summed E-state index contributed by atoms with van der Waals surface area (Å²) in [4.78, 5) is 5.34. The van der Waals surface area contributed by atoms with Gasteiger partial charge in [0.2, 0.25) is 0 Å². The topological polar surface area (TPSA) is 58.3 Å². The molecule has 146 valence electrons. The summed E-state index contributed by atoms with van der Waals surface area (Å²) >= 11 is 17.9. The van der Waals surface area contributed by atoms with Gasteiger partial charge in [0.25, 0.3) is 0 Å². The number of rotatable bonds is 4. The first-order valence-electron chi connectivity index (χ1n) is 7.83. The maximum Gasteiger partial charge on any atom is 0.145 e. The zero-order valence-electron chi connectivity index (χ0n) is 14.6. The fourth-order valence-corrected chi connectivity index (χ4v) is 2.73. The van der Waals surface area contributed by atoms with Crippen LogP contribution in [-0.4, -0.2) is 28.0 Å². The average molecular weight is 446 g/mol. The fourth-order valence-electron chi connectivity index (χ4n) is 2.26. The second-order valence-corrected chi connectivity index (χ2v) is 6.83. The quantitative estimate of drug-likeness (QED) is 0.266. The lowest BCUT2D eigenvalue weighted by Crippen LogP contribution is -2.45. The molecular weight excluding hydrogens is 433 g/mol. The Labute approximate surface area is 174 Å². The molecule has 1 N–H and O–H groups in total. The van der Waals surface area contributed by atoms with Crippen molar-refractivity contribution in [1.82, 2.24) is 20.5 Å². The highest BCUT2D eigenvalue weighted by atomic mass is 35.5. The minimum Gasteiger partial charge on any atom is -0.275 e. The van der Waals surface area contributed by atoms with Gasteiger partial charge < -0.3 is 0 Å². The molecule has 28 heavy (non-hydrogen) atoms. The van der Waals surface area contributed by atoms with Gasteiger partial charge in [0, 0.05) is 17.6 Å². The van der Waals surface area contributed by atoms with E-state index in [9.17, 15) is 8.78 Å². The number of hydrogen-bond acceptors (Lipinski definition) is 4. The van der Waals surface area contributed by atoms with Gasteiger partial charge >= 0.3 is 0 Å². The van der Waals surface area contributed by atoms with Gasteiger partial charge in [-0.15, -0.1) is 9.89 Å². The Bertz CT molecular complexity index is 1030. The highest BCUT2D eigenvalue weighted by Gasteiger charge is 2.18. The van der Waals surface area contributed by atoms with Crippen LogP contribution in [0, 0.1) is 11.6 Å². The zero-order valence-corrected chi connectivity index (χ0v) is 16.9. The lowest BCUT2D eigenvalue weighted by molar-refractivity contribution is 0.565. The van der Waals surface area contributed by atoms with Crippen LogP contribution < -0.4 is 10.5 Å². The van der Waals surface area contributed by atoms with Crippen LogP contribution in [0.3, 0.4) is 0 Å². The molecule has 3 rings (SSSR count). The Kier molecular flexibility index (Phi) is 6.02. The summed E-state index contributed by atoms with van der Waals surface area (Å²) in [5.74, 6) is -1.25. The van der Waals surface area contributed by atoms with Gasteiger partial charge in [-0.3, -0.25) is 10.4 Å². The molecule has 11 heteroatoms. The smallest absolute Gasteiger partial charge is 0.145 e. The number of amidine groups is 1. The normalized spacial score (nSPS) is 11.6. The van der Waals surface area contributed by atoms with Gasteiger partial charge in [0.05, 0.1) is 11.2 Å². The number of nitrogens with zero attached hydrogens (tertiary/aromatic N) is 5. The largest absolute Gasteiger partial charge is 0.275 e. The van der Waals surface area contributed by atoms with Gasteiger partial charge in [0.15, 0.2) is 0 Å². The number of hydrazine groups is 1. The summed E-state index contributed by atoms with van der Waals surface area (Å²) in [6, 6.07) is 7.01. The van der Waals surface area contributed by atoms with Crippen molar-refractivity contribution in [3.63, 3.8) is 0 Å². The first-order chi connectivity index (χ1) is 13.3. The second-order valence-electron chi connectivity index (χ2n) is 5.61. The molecule has 0 saturated heterocycles. The Balaban J connectivity index is 2.06. The first-order valence-corrected chi connectivity index (χ1v) is 8.96. The standard InChI is InChI=1S/C17H13Cl3F2N6/c1-9(23-2)25-28(16-7-11(18)3-4-12(16)19)27-8-15(24-26-27)10-5-13(21)17(20)14(22)6-10/h3-8H,1-2H3,(H,23,25). The molecule has 0 fully saturated rings. The average Bonchev–Trinajstić information content (AvgIpc) is 3.15. The molecule has 1 aromatic heterocycles. The van der Waals surface area contributed by atoms with Gasteiger partial charge in [-0.25, -0.2) is 8.78 Å². The molecule has 6 nitrogen and oxygen atoms in total. The second kappa shape index (κ2) is 8.30. The van der Waals surface area contributed by atoms with Crippen LogP contribution >= 0.6 is 34.8 Å². The molecular formula is C17H13Cl3F2N6. The van der Waals surface area contributed by atoms with Crippen molar-refractivity contribution in [3.8, 4) is 11.3 Å². The summed E-state index contributed by atoms with van der Waals surface area (Å²) in [6.45, 7) is 1.73. The molecule has 0 unspecified atom stereocenters. The molecule has 0 amide bonds. The number of halogens is 5. The molecule has 0 bridgehead atoms. The lowest BCUT2D eigenvalue weighted by atomic mass is 10.1. The molecule has 1 heterocycles. The molecule has 2 aromatic carbocycles. The van der Waals surface area contributed by atoms with Gasteiger partial charge in [-0.05, 0) is 42.5 Å². The van der Waals surface area contributed by atoms with E-state index in [4.69, 9.17) is 34.8 Å². The van der Waals surface area contributed by atoms with E-state index in [0.717, 1.165) is 12.1 Å². The SMILES string of the molecule is CN=C(C)NN(c1cc(Cl)ccc1Cl)n1cc(-c2cc(F)c(Cl)c(F)c2)nn1. The van der Waals surface area contributed by atoms with E-state index in [-0.39, 0.29) is 11.3 Å². The van der Waals surface area contributed by atoms with E-state index in [0.29, 0.717) is 21.6 Å². The molecule has 0 aliphatic heterocycles. The highest BCUT2D eigenvalue weighted by Crippen LogP contribution is 2.30. The minimum atomic E-state index is -0.895. The van der Waals surface area contributed by atoms with Crippen molar-refractivity contribution in [2.24, 2.45) is 4.99 Å². The zero-order chi connectivity index (χ0) is 20.4. The number of aromatic nitrogens is 3. The van der Waals surface area contributed by atoms with E-state index in [1.54, 1.807) is 32.2 Å². The number of aliphatic imine (C=N–C) groups is 1. The molecule has 0 aliphatic carbocycles. The van der Waals surface area contributed by atoms with E-state index >= 15 is 0 Å². The maximum absolute atomic E-state index is 13.8. The van der Waals surface area contributed by atoms with Crippen LogP contribution in [0.25, 0.3) is 11.3 Å². The molecule has 0 saturated carbocycles. The number of nitrogens with one attached hydrogen (secondary N) is 1. The van der Waals surface area contributed by atoms with Crippen molar-refractivity contribution in [2.75, 3.05) is 12.2 Å². The van der Waals surface area contributed by atoms with Crippen molar-refractivity contribution in [2.45, 2.75) is 6.92 Å². The predicted molar refractivity (Wildman–Crippen MR) is 107 cm³/mol. The van der Waals surface area contributed by atoms with Crippen molar-refractivity contribution in [3.05, 3.63) is 63.2 Å². The number of benzene rings is 2. The van der Waals surface area contributed by atoms with E-state index < -0.39 is 16.7 Å². The Morgan fingerprint density at radius 1 is 1.14 bits per heavy atom. The van der Waals surface area contributed by atoms with Crippen molar-refractivity contribution < 1.29 is 8.78 Å². The van der Waals surface area contributed by atoms with Gasteiger partial charge in [-0.2, -0.15) is 5.12 Å². The van der Waals surface area contributed by atoms with Crippen LogP contribution in [0.1, 0.15) is 6.92 Å². The highest BCUT2D eigenvalue weighted by molar-refractivity contribution is 6.35. The predicted octanol–water partition coefficient (Wildman–Crippen LogP) is 5.01. The molecule has 0 radical (unpaired) electrons. The monoisotopic (exact) mass is 444 g/mol.